The summed E-state index contributed by atoms with van der Waals surface area (Å²) in [6, 6.07) is 6.58. The Bertz CT molecular complexity index is 937. The Hall–Kier alpha value is -2.36. The largest absolute Gasteiger partial charge is 0.435 e. The zero-order valence-electron chi connectivity index (χ0n) is 13.7. The standard InChI is InChI=1S/C16H16F3N3O3S/c1-10(22-9-8-14(20-22)16(17,18)19)15(23)21-26(24,25)13-7-6-11-4-2-3-5-12(11)13/h2-5,8-10,13H,6-7H2,1H3,(H,21,23). The molecule has 1 aliphatic carbocycles. The van der Waals surface area contributed by atoms with Gasteiger partial charge in [0.2, 0.25) is 10.0 Å². The zero-order chi connectivity index (χ0) is 19.1. The molecule has 0 saturated carbocycles. The topological polar surface area (TPSA) is 81.1 Å². The van der Waals surface area contributed by atoms with Gasteiger partial charge in [0.05, 0.1) is 0 Å². The molecule has 1 aromatic heterocycles. The number of carbonyl (C=O) groups excluding carboxylic acids is 1. The molecule has 2 atom stereocenters. The van der Waals surface area contributed by atoms with E-state index in [0.717, 1.165) is 22.5 Å². The molecule has 6 nitrogen and oxygen atoms in total. The molecule has 0 fully saturated rings. The van der Waals surface area contributed by atoms with E-state index in [0.29, 0.717) is 18.4 Å². The van der Waals surface area contributed by atoms with Crippen molar-refractivity contribution in [2.75, 3.05) is 0 Å². The summed E-state index contributed by atoms with van der Waals surface area (Å²) < 4.78 is 65.7. The van der Waals surface area contributed by atoms with Crippen LogP contribution in [0, 0.1) is 0 Å². The number of aromatic nitrogens is 2. The first-order valence-corrected chi connectivity index (χ1v) is 9.40. The van der Waals surface area contributed by atoms with Crippen LogP contribution in [0.4, 0.5) is 13.2 Å². The van der Waals surface area contributed by atoms with Gasteiger partial charge < -0.3 is 0 Å². The van der Waals surface area contributed by atoms with Gasteiger partial charge in [-0.2, -0.15) is 18.3 Å². The van der Waals surface area contributed by atoms with Crippen molar-refractivity contribution in [3.8, 4) is 0 Å². The SMILES string of the molecule is CC(C(=O)NS(=O)(=O)C1CCc2ccccc21)n1ccc(C(F)(F)F)n1. The second-order valence-corrected chi connectivity index (χ2v) is 7.96. The number of hydrogen-bond donors (Lipinski definition) is 1. The molecule has 1 N–H and O–H groups in total. The molecule has 0 saturated heterocycles. The van der Waals surface area contributed by atoms with Crippen LogP contribution in [0.3, 0.4) is 0 Å². The maximum Gasteiger partial charge on any atom is 0.435 e. The molecule has 0 spiro atoms. The lowest BCUT2D eigenvalue weighted by molar-refractivity contribution is -0.142. The van der Waals surface area contributed by atoms with E-state index in [1.54, 1.807) is 12.1 Å². The highest BCUT2D eigenvalue weighted by Crippen LogP contribution is 2.36. The fraction of sp³-hybridized carbons (Fsp3) is 0.375. The third kappa shape index (κ3) is 3.46. The summed E-state index contributed by atoms with van der Waals surface area (Å²) in [5, 5.41) is 2.44. The van der Waals surface area contributed by atoms with Crippen molar-refractivity contribution in [2.45, 2.75) is 37.2 Å². The summed E-state index contributed by atoms with van der Waals surface area (Å²) >= 11 is 0. The molecule has 0 bridgehead atoms. The fourth-order valence-corrected chi connectivity index (χ4v) is 4.55. The van der Waals surface area contributed by atoms with E-state index >= 15 is 0 Å². The summed E-state index contributed by atoms with van der Waals surface area (Å²) in [5.41, 5.74) is 0.397. The van der Waals surface area contributed by atoms with Crippen LogP contribution < -0.4 is 4.72 Å². The van der Waals surface area contributed by atoms with E-state index in [1.165, 1.54) is 6.92 Å². The van der Waals surface area contributed by atoms with Crippen molar-refractivity contribution < 1.29 is 26.4 Å². The molecule has 0 aliphatic heterocycles. The minimum Gasteiger partial charge on any atom is -0.272 e. The van der Waals surface area contributed by atoms with E-state index in [1.807, 2.05) is 16.9 Å². The number of amides is 1. The van der Waals surface area contributed by atoms with Gasteiger partial charge in [0.15, 0.2) is 5.69 Å². The van der Waals surface area contributed by atoms with Gasteiger partial charge in [-0.05, 0) is 37.0 Å². The first-order valence-electron chi connectivity index (χ1n) is 7.85. The van der Waals surface area contributed by atoms with E-state index in [2.05, 4.69) is 5.10 Å². The second-order valence-electron chi connectivity index (χ2n) is 6.09. The van der Waals surface area contributed by atoms with Crippen LogP contribution in [0.15, 0.2) is 36.5 Å². The Morgan fingerprint density at radius 2 is 2.00 bits per heavy atom. The van der Waals surface area contributed by atoms with Gasteiger partial charge in [-0.15, -0.1) is 0 Å². The molecule has 1 heterocycles. The summed E-state index contributed by atoms with van der Waals surface area (Å²) in [6.45, 7) is 1.28. The quantitative estimate of drug-likeness (QED) is 0.874. The van der Waals surface area contributed by atoms with E-state index in [-0.39, 0.29) is 0 Å². The van der Waals surface area contributed by atoms with Crippen molar-refractivity contribution in [1.82, 2.24) is 14.5 Å². The summed E-state index contributed by atoms with van der Waals surface area (Å²) in [7, 11) is -4.01. The van der Waals surface area contributed by atoms with Crippen molar-refractivity contribution in [1.29, 1.82) is 0 Å². The highest BCUT2D eigenvalue weighted by atomic mass is 32.2. The van der Waals surface area contributed by atoms with Gasteiger partial charge in [-0.25, -0.2) is 8.42 Å². The average molecular weight is 387 g/mol. The Morgan fingerprint density at radius 1 is 1.31 bits per heavy atom. The number of halogens is 3. The van der Waals surface area contributed by atoms with Crippen molar-refractivity contribution in [3.05, 3.63) is 53.3 Å². The number of fused-ring (bicyclic) bond motifs is 1. The van der Waals surface area contributed by atoms with Crippen LogP contribution >= 0.6 is 0 Å². The molecule has 140 valence electrons. The number of nitrogens with one attached hydrogen (secondary N) is 1. The lowest BCUT2D eigenvalue weighted by Crippen LogP contribution is -2.38. The van der Waals surface area contributed by atoms with Gasteiger partial charge in [0, 0.05) is 6.20 Å². The van der Waals surface area contributed by atoms with Crippen LogP contribution in [0.1, 0.15) is 41.5 Å². The molecule has 3 rings (SSSR count). The van der Waals surface area contributed by atoms with Crippen LogP contribution in [0.5, 0.6) is 0 Å². The number of aryl methyl sites for hydroxylation is 1. The Balaban J connectivity index is 1.76. The maximum atomic E-state index is 12.6. The van der Waals surface area contributed by atoms with Crippen molar-refractivity contribution >= 4 is 15.9 Å². The van der Waals surface area contributed by atoms with Crippen LogP contribution in [-0.4, -0.2) is 24.1 Å². The molecular weight excluding hydrogens is 371 g/mol. The van der Waals surface area contributed by atoms with Crippen LogP contribution in [-0.2, 0) is 27.4 Å². The molecule has 1 amide bonds. The molecule has 10 heteroatoms. The number of alkyl halides is 3. The van der Waals surface area contributed by atoms with E-state index in [9.17, 15) is 26.4 Å². The number of carbonyl (C=O) groups is 1. The lowest BCUT2D eigenvalue weighted by Gasteiger charge is -2.17. The monoisotopic (exact) mass is 387 g/mol. The Labute approximate surface area is 148 Å². The first-order chi connectivity index (χ1) is 12.1. The second kappa shape index (κ2) is 6.42. The number of sulfonamides is 1. The van der Waals surface area contributed by atoms with E-state index in [4.69, 9.17) is 0 Å². The number of nitrogens with zero attached hydrogens (tertiary/aromatic N) is 2. The normalized spacial score (nSPS) is 18.4. The Kier molecular flexibility index (Phi) is 4.55. The van der Waals surface area contributed by atoms with Gasteiger partial charge in [-0.1, -0.05) is 24.3 Å². The highest BCUT2D eigenvalue weighted by Gasteiger charge is 2.37. The third-order valence-corrected chi connectivity index (χ3v) is 6.09. The van der Waals surface area contributed by atoms with Crippen LogP contribution in [0.2, 0.25) is 0 Å². The van der Waals surface area contributed by atoms with Gasteiger partial charge in [-0.3, -0.25) is 14.2 Å². The molecular formula is C16H16F3N3O3S. The Morgan fingerprint density at radius 3 is 2.65 bits per heavy atom. The number of benzene rings is 1. The molecule has 2 unspecified atom stereocenters. The molecule has 26 heavy (non-hydrogen) atoms. The predicted octanol–water partition coefficient (Wildman–Crippen LogP) is 2.60. The average Bonchev–Trinajstić information content (AvgIpc) is 3.20. The maximum absolute atomic E-state index is 12.6. The fourth-order valence-electron chi connectivity index (χ4n) is 2.96. The molecule has 1 aromatic carbocycles. The number of hydrogen-bond acceptors (Lipinski definition) is 4. The van der Waals surface area contributed by atoms with Gasteiger partial charge >= 0.3 is 6.18 Å². The third-order valence-electron chi connectivity index (χ3n) is 4.37. The van der Waals surface area contributed by atoms with Crippen LogP contribution in [0.25, 0.3) is 0 Å². The predicted molar refractivity (Wildman–Crippen MR) is 86.5 cm³/mol. The molecule has 1 aliphatic rings. The van der Waals surface area contributed by atoms with Crippen molar-refractivity contribution in [3.63, 3.8) is 0 Å². The smallest absolute Gasteiger partial charge is 0.272 e. The van der Waals surface area contributed by atoms with E-state index < -0.39 is 39.1 Å². The summed E-state index contributed by atoms with van der Waals surface area (Å²) in [5.74, 6) is -0.939. The zero-order valence-corrected chi connectivity index (χ0v) is 14.5. The van der Waals surface area contributed by atoms with Gasteiger partial charge in [0.1, 0.15) is 11.3 Å². The summed E-state index contributed by atoms with van der Waals surface area (Å²) in [4.78, 5) is 12.3. The molecule has 0 radical (unpaired) electrons. The lowest BCUT2D eigenvalue weighted by atomic mass is 10.1. The minimum absolute atomic E-state index is 0.344. The van der Waals surface area contributed by atoms with Gasteiger partial charge in [0.25, 0.3) is 5.91 Å². The highest BCUT2D eigenvalue weighted by molar-refractivity contribution is 7.90. The summed E-state index contributed by atoms with van der Waals surface area (Å²) in [6.07, 6.45) is -2.72. The minimum atomic E-state index is -4.64. The first kappa shape index (κ1) is 18.4. The number of rotatable bonds is 4. The van der Waals surface area contributed by atoms with Crippen molar-refractivity contribution in [2.24, 2.45) is 0 Å². The molecule has 2 aromatic rings.